The number of hydrogen-bond acceptors (Lipinski definition) is 5. The molecule has 112 valence electrons. The van der Waals surface area contributed by atoms with Crippen molar-refractivity contribution in [2.24, 2.45) is 0 Å². The number of hydrogen-bond donors (Lipinski definition) is 2. The maximum absolute atomic E-state index is 13.3. The van der Waals surface area contributed by atoms with Gasteiger partial charge in [-0.2, -0.15) is 0 Å². The molecule has 0 bridgehead atoms. The lowest BCUT2D eigenvalue weighted by molar-refractivity contribution is -0.0995. The quantitative estimate of drug-likeness (QED) is 0.881. The summed E-state index contributed by atoms with van der Waals surface area (Å²) in [5.41, 5.74) is 1.20. The number of aliphatic hydroxyl groups is 1. The van der Waals surface area contributed by atoms with Crippen molar-refractivity contribution < 1.29 is 14.2 Å². The van der Waals surface area contributed by atoms with E-state index in [1.165, 1.54) is 12.1 Å². The van der Waals surface area contributed by atoms with E-state index >= 15 is 0 Å². The molecule has 1 saturated heterocycles. The second kappa shape index (κ2) is 5.88. The van der Waals surface area contributed by atoms with Crippen molar-refractivity contribution in [2.45, 2.75) is 24.8 Å². The highest BCUT2D eigenvalue weighted by Gasteiger charge is 2.34. The molecule has 1 aliphatic heterocycles. The Hall–Kier alpha value is -1.83. The molecule has 2 N–H and O–H groups in total. The third-order valence-electron chi connectivity index (χ3n) is 3.64. The van der Waals surface area contributed by atoms with Crippen molar-refractivity contribution in [3.05, 3.63) is 36.3 Å². The zero-order valence-corrected chi connectivity index (χ0v) is 11.6. The monoisotopic (exact) mass is 292 g/mol. The number of nitrogens with one attached hydrogen (secondary N) is 1. The van der Waals surface area contributed by atoms with Crippen LogP contribution in [0.1, 0.15) is 12.5 Å². The number of likely N-dealkylation sites (N-methyl/N-ethyl adjacent to an activating group) is 1. The second-order valence-electron chi connectivity index (χ2n) is 5.02. The second-order valence-corrected chi connectivity index (χ2v) is 5.02. The third kappa shape index (κ3) is 2.80. The lowest BCUT2D eigenvalue weighted by atomic mass is 10.0. The van der Waals surface area contributed by atoms with Crippen molar-refractivity contribution in [2.75, 3.05) is 13.7 Å². The maximum Gasteiger partial charge on any atom is 0.133 e. The Morgan fingerprint density at radius 1 is 1.48 bits per heavy atom. The molecule has 3 atom stereocenters. The number of rotatable bonds is 3. The maximum atomic E-state index is 13.3. The minimum atomic E-state index is -0.571. The largest absolute Gasteiger partial charge is 0.391 e. The van der Waals surface area contributed by atoms with Crippen LogP contribution in [0.2, 0.25) is 0 Å². The van der Waals surface area contributed by atoms with Crippen LogP contribution in [0.3, 0.4) is 0 Å². The first-order valence-electron chi connectivity index (χ1n) is 6.84. The number of aliphatic hydroxyl groups excluding tert-OH is 1. The van der Waals surface area contributed by atoms with Gasteiger partial charge in [-0.1, -0.05) is 17.3 Å². The van der Waals surface area contributed by atoms with Gasteiger partial charge in [-0.05, 0) is 25.6 Å². The summed E-state index contributed by atoms with van der Waals surface area (Å²) in [6.07, 6.45) is 1.33. The van der Waals surface area contributed by atoms with Gasteiger partial charge in [0.15, 0.2) is 0 Å². The van der Waals surface area contributed by atoms with Gasteiger partial charge in [0.25, 0.3) is 0 Å². The lowest BCUT2D eigenvalue weighted by Gasteiger charge is -2.34. The van der Waals surface area contributed by atoms with E-state index in [0.717, 1.165) is 0 Å². The molecule has 2 aromatic rings. The summed E-state index contributed by atoms with van der Waals surface area (Å²) in [7, 11) is 1.76. The first-order valence-corrected chi connectivity index (χ1v) is 6.84. The molecule has 6 nitrogen and oxygen atoms in total. The van der Waals surface area contributed by atoms with Gasteiger partial charge in [0.1, 0.15) is 23.8 Å². The van der Waals surface area contributed by atoms with Crippen LogP contribution in [0, 0.1) is 5.82 Å². The molecule has 7 heteroatoms. The molecule has 2 heterocycles. The predicted molar refractivity (Wildman–Crippen MR) is 73.9 cm³/mol. The van der Waals surface area contributed by atoms with Crippen LogP contribution in [-0.2, 0) is 4.74 Å². The molecule has 1 aromatic carbocycles. The van der Waals surface area contributed by atoms with Crippen molar-refractivity contribution in [3.63, 3.8) is 0 Å². The fourth-order valence-corrected chi connectivity index (χ4v) is 2.56. The average Bonchev–Trinajstić information content (AvgIpc) is 2.96. The summed E-state index contributed by atoms with van der Waals surface area (Å²) in [6.45, 7) is 0.495. The third-order valence-corrected chi connectivity index (χ3v) is 3.64. The first-order chi connectivity index (χ1) is 10.2. The number of benzene rings is 1. The summed E-state index contributed by atoms with van der Waals surface area (Å²) in [4.78, 5) is 0. The molecule has 1 aromatic heterocycles. The van der Waals surface area contributed by atoms with Crippen LogP contribution in [-0.4, -0.2) is 46.1 Å². The van der Waals surface area contributed by atoms with Gasteiger partial charge < -0.3 is 9.84 Å². The van der Waals surface area contributed by atoms with Crippen LogP contribution in [0.4, 0.5) is 4.39 Å². The minimum absolute atomic E-state index is 0.323. The Kier molecular flexibility index (Phi) is 3.96. The van der Waals surface area contributed by atoms with Crippen molar-refractivity contribution in [1.29, 1.82) is 0 Å². The van der Waals surface area contributed by atoms with E-state index in [9.17, 15) is 9.50 Å². The van der Waals surface area contributed by atoms with E-state index in [-0.39, 0.29) is 18.1 Å². The first kappa shape index (κ1) is 14.1. The topological polar surface area (TPSA) is 72.2 Å². The van der Waals surface area contributed by atoms with E-state index in [4.69, 9.17) is 4.74 Å². The van der Waals surface area contributed by atoms with E-state index in [2.05, 4.69) is 15.6 Å². The number of halogens is 1. The van der Waals surface area contributed by atoms with Gasteiger partial charge in [0.05, 0.1) is 18.9 Å². The Morgan fingerprint density at radius 3 is 3.10 bits per heavy atom. The minimum Gasteiger partial charge on any atom is -0.391 e. The molecule has 0 saturated carbocycles. The number of aromatic nitrogens is 3. The van der Waals surface area contributed by atoms with E-state index in [0.29, 0.717) is 24.3 Å². The average molecular weight is 292 g/mol. The van der Waals surface area contributed by atoms with Crippen molar-refractivity contribution in [1.82, 2.24) is 20.3 Å². The molecule has 3 rings (SSSR count). The zero-order chi connectivity index (χ0) is 14.8. The molecular formula is C14H17FN4O2. The normalized spacial score (nSPS) is 26.0. The number of nitrogens with zero attached hydrogens (tertiary/aromatic N) is 3. The van der Waals surface area contributed by atoms with E-state index in [1.807, 2.05) is 0 Å². The van der Waals surface area contributed by atoms with E-state index in [1.54, 1.807) is 30.1 Å². The van der Waals surface area contributed by atoms with E-state index < -0.39 is 6.10 Å². The molecule has 0 radical (unpaired) electrons. The van der Waals surface area contributed by atoms with Crippen LogP contribution < -0.4 is 5.32 Å². The zero-order valence-electron chi connectivity index (χ0n) is 11.6. The Balaban J connectivity index is 1.90. The van der Waals surface area contributed by atoms with Gasteiger partial charge in [0, 0.05) is 5.56 Å². The smallest absolute Gasteiger partial charge is 0.133 e. The van der Waals surface area contributed by atoms with Gasteiger partial charge in [0.2, 0.25) is 0 Å². The number of ether oxygens (including phenoxy) is 1. The van der Waals surface area contributed by atoms with Crippen molar-refractivity contribution in [3.8, 4) is 11.3 Å². The van der Waals surface area contributed by atoms with Crippen LogP contribution in [0.25, 0.3) is 11.3 Å². The van der Waals surface area contributed by atoms with Crippen LogP contribution in [0.5, 0.6) is 0 Å². The van der Waals surface area contributed by atoms with Gasteiger partial charge >= 0.3 is 0 Å². The highest BCUT2D eigenvalue weighted by atomic mass is 19.1. The highest BCUT2D eigenvalue weighted by molar-refractivity contribution is 5.57. The highest BCUT2D eigenvalue weighted by Crippen LogP contribution is 2.26. The van der Waals surface area contributed by atoms with Gasteiger partial charge in [-0.3, -0.25) is 5.32 Å². The molecule has 1 fully saturated rings. The summed E-state index contributed by atoms with van der Waals surface area (Å²) >= 11 is 0. The van der Waals surface area contributed by atoms with Gasteiger partial charge in [-0.15, -0.1) is 5.10 Å². The molecule has 0 amide bonds. The Morgan fingerprint density at radius 2 is 2.33 bits per heavy atom. The molecule has 1 aliphatic rings. The fraction of sp³-hybridized carbons (Fsp3) is 0.429. The summed E-state index contributed by atoms with van der Waals surface area (Å²) in [6, 6.07) is 5.81. The SMILES string of the molecule is CNC1OCC[C@@H](O)[C@H]1n1cc(-c2cccc(F)c2)nn1. The van der Waals surface area contributed by atoms with Crippen LogP contribution >= 0.6 is 0 Å². The lowest BCUT2D eigenvalue weighted by Crippen LogP contribution is -2.48. The summed E-state index contributed by atoms with van der Waals surface area (Å²) < 4.78 is 20.4. The predicted octanol–water partition coefficient (Wildman–Crippen LogP) is 0.952. The molecule has 21 heavy (non-hydrogen) atoms. The van der Waals surface area contributed by atoms with Gasteiger partial charge in [-0.25, -0.2) is 9.07 Å². The molecule has 0 aliphatic carbocycles. The Bertz CT molecular complexity index is 619. The molecule has 0 spiro atoms. The Labute approximate surface area is 121 Å². The van der Waals surface area contributed by atoms with Crippen molar-refractivity contribution >= 4 is 0 Å². The standard InChI is InChI=1S/C14H17FN4O2/c1-16-14-13(12(20)5-6-21-14)19-8-11(17-18-19)9-3-2-4-10(15)7-9/h2-4,7-8,12-14,16,20H,5-6H2,1H3/t12-,13-,14?/m1/s1. The molecule has 1 unspecified atom stereocenters. The summed E-state index contributed by atoms with van der Waals surface area (Å²) in [5.74, 6) is -0.323. The van der Waals surface area contributed by atoms with Crippen LogP contribution in [0.15, 0.2) is 30.5 Å². The molecular weight excluding hydrogens is 275 g/mol. The summed E-state index contributed by atoms with van der Waals surface area (Å²) in [5, 5.41) is 21.3. The fourth-order valence-electron chi connectivity index (χ4n) is 2.56.